The molecule has 0 radical (unpaired) electrons. The molecule has 1 heterocycles. The fourth-order valence-electron chi connectivity index (χ4n) is 1.34. The number of esters is 1. The van der Waals surface area contributed by atoms with Crippen molar-refractivity contribution < 1.29 is 24.5 Å². The molecule has 0 aromatic heterocycles. The number of aliphatic imine (C=N–C) groups is 1. The van der Waals surface area contributed by atoms with Crippen LogP contribution in [0.25, 0.3) is 6.08 Å². The molecule has 2 N–H and O–H groups in total. The smallest absolute Gasteiger partial charge is 0.363 e. The number of cyclic esters (lactones) is 1. The molecule has 112 valence electrons. The Bertz CT molecular complexity index is 625. The Morgan fingerprint density at radius 2 is 1.81 bits per heavy atom. The molecule has 0 saturated carbocycles. The van der Waals surface area contributed by atoms with Crippen LogP contribution < -0.4 is 0 Å². The van der Waals surface area contributed by atoms with Crippen LogP contribution in [0.15, 0.2) is 22.8 Å². The predicted octanol–water partition coefficient (Wildman–Crippen LogP) is 3.01. The molecule has 0 unspecified atom stereocenters. The van der Waals surface area contributed by atoms with Gasteiger partial charge >= 0.3 is 5.97 Å². The Kier molecular flexibility index (Phi) is 6.58. The van der Waals surface area contributed by atoms with Gasteiger partial charge in [0.1, 0.15) is 5.75 Å². The van der Waals surface area contributed by atoms with Crippen molar-refractivity contribution in [3.63, 3.8) is 0 Å². The number of nitrogens with zero attached hydrogens (tertiary/aromatic N) is 1. The molecule has 0 saturated heterocycles. The van der Waals surface area contributed by atoms with E-state index in [1.54, 1.807) is 25.1 Å². The van der Waals surface area contributed by atoms with E-state index in [9.17, 15) is 9.90 Å². The van der Waals surface area contributed by atoms with E-state index in [1.165, 1.54) is 0 Å². The van der Waals surface area contributed by atoms with Crippen LogP contribution in [0.4, 0.5) is 0 Å². The van der Waals surface area contributed by atoms with Crippen molar-refractivity contribution in [1.29, 1.82) is 0 Å². The van der Waals surface area contributed by atoms with Gasteiger partial charge in [0.05, 0.1) is 7.14 Å². The van der Waals surface area contributed by atoms with Gasteiger partial charge in [-0.3, -0.25) is 4.79 Å². The lowest BCUT2D eigenvalue weighted by Gasteiger charge is -2.02. The van der Waals surface area contributed by atoms with Crippen molar-refractivity contribution in [1.82, 2.24) is 0 Å². The second-order valence-corrected chi connectivity index (χ2v) is 6.23. The molecule has 1 aromatic rings. The summed E-state index contributed by atoms with van der Waals surface area (Å²) in [7, 11) is 0. The van der Waals surface area contributed by atoms with E-state index in [1.807, 2.05) is 45.2 Å². The third-order valence-corrected chi connectivity index (χ3v) is 3.71. The first-order valence-corrected chi connectivity index (χ1v) is 7.73. The summed E-state index contributed by atoms with van der Waals surface area (Å²) in [6.07, 6.45) is 1.64. The number of carboxylic acids is 1. The maximum Gasteiger partial charge on any atom is 0.363 e. The number of carbonyl (C=O) groups is 2. The number of aliphatic carboxylic acids is 1. The number of halogens is 2. The second-order valence-electron chi connectivity index (χ2n) is 3.90. The first-order valence-electron chi connectivity index (χ1n) is 5.57. The topological polar surface area (TPSA) is 96.2 Å². The van der Waals surface area contributed by atoms with Crippen molar-refractivity contribution in [2.75, 3.05) is 0 Å². The summed E-state index contributed by atoms with van der Waals surface area (Å²) in [5.74, 6) is -0.674. The molecule has 1 aliphatic rings. The van der Waals surface area contributed by atoms with E-state index in [0.717, 1.165) is 19.6 Å². The summed E-state index contributed by atoms with van der Waals surface area (Å²) < 4.78 is 6.28. The first kappa shape index (κ1) is 17.9. The Hall–Kier alpha value is -1.17. The highest BCUT2D eigenvalue weighted by Crippen LogP contribution is 2.28. The van der Waals surface area contributed by atoms with E-state index in [-0.39, 0.29) is 11.4 Å². The van der Waals surface area contributed by atoms with Gasteiger partial charge in [0, 0.05) is 13.8 Å². The molecule has 0 fully saturated rings. The highest BCUT2D eigenvalue weighted by Gasteiger charge is 2.19. The van der Waals surface area contributed by atoms with Gasteiger partial charge < -0.3 is 14.9 Å². The third kappa shape index (κ3) is 5.61. The van der Waals surface area contributed by atoms with Crippen molar-refractivity contribution in [3.05, 3.63) is 30.5 Å². The summed E-state index contributed by atoms with van der Waals surface area (Å²) >= 11 is 4.07. The highest BCUT2D eigenvalue weighted by molar-refractivity contribution is 14.1. The fourth-order valence-corrected chi connectivity index (χ4v) is 3.16. The average molecular weight is 515 g/mol. The fraction of sp³-hybridized carbons (Fsp3) is 0.154. The number of carbonyl (C=O) groups excluding carboxylic acids is 1. The molecular formula is C13H11I2NO5. The van der Waals surface area contributed by atoms with Gasteiger partial charge in [-0.2, -0.15) is 0 Å². The molecule has 1 aliphatic heterocycles. The van der Waals surface area contributed by atoms with Crippen LogP contribution in [0.3, 0.4) is 0 Å². The van der Waals surface area contributed by atoms with Gasteiger partial charge in [-0.1, -0.05) is 0 Å². The molecule has 2 rings (SSSR count). The molecule has 0 bridgehead atoms. The Morgan fingerprint density at radius 3 is 2.19 bits per heavy atom. The van der Waals surface area contributed by atoms with Crippen LogP contribution >= 0.6 is 45.2 Å². The molecule has 0 atom stereocenters. The third-order valence-electron chi connectivity index (χ3n) is 2.07. The van der Waals surface area contributed by atoms with Crippen molar-refractivity contribution in [2.45, 2.75) is 13.8 Å². The zero-order chi connectivity index (χ0) is 16.2. The number of ether oxygens (including phenoxy) is 1. The second kappa shape index (κ2) is 7.73. The highest BCUT2D eigenvalue weighted by atomic mass is 127. The lowest BCUT2D eigenvalue weighted by atomic mass is 10.2. The standard InChI is InChI=1S/C11H7I2NO3.C2H4O2/c1-5-14-9(11(16)17-5)4-6-2-7(12)10(15)8(13)3-6;1-2(3)4/h2-4,15H,1H3;1H3,(H,3,4). The number of aromatic hydroxyl groups is 1. The van der Waals surface area contributed by atoms with Gasteiger partial charge in [-0.05, 0) is 69.0 Å². The summed E-state index contributed by atoms with van der Waals surface area (Å²) in [5.41, 5.74) is 1.08. The lowest BCUT2D eigenvalue weighted by Crippen LogP contribution is -1.99. The quantitative estimate of drug-likeness (QED) is 0.341. The van der Waals surface area contributed by atoms with E-state index < -0.39 is 11.9 Å². The van der Waals surface area contributed by atoms with Crippen molar-refractivity contribution in [3.8, 4) is 5.75 Å². The first-order chi connectivity index (χ1) is 9.70. The van der Waals surface area contributed by atoms with E-state index in [2.05, 4.69) is 4.99 Å². The van der Waals surface area contributed by atoms with E-state index in [0.29, 0.717) is 5.90 Å². The lowest BCUT2D eigenvalue weighted by molar-refractivity contribution is -0.134. The molecule has 1 aromatic carbocycles. The van der Waals surface area contributed by atoms with Gasteiger partial charge in [0.2, 0.25) is 0 Å². The van der Waals surface area contributed by atoms with Crippen LogP contribution in [0.2, 0.25) is 0 Å². The van der Waals surface area contributed by atoms with Crippen molar-refractivity contribution >= 4 is 69.1 Å². The Morgan fingerprint density at radius 1 is 1.33 bits per heavy atom. The Labute approximate surface area is 148 Å². The zero-order valence-electron chi connectivity index (χ0n) is 11.1. The Balaban J connectivity index is 0.000000491. The minimum absolute atomic E-state index is 0.252. The van der Waals surface area contributed by atoms with Gasteiger partial charge in [-0.25, -0.2) is 9.79 Å². The monoisotopic (exact) mass is 515 g/mol. The number of hydrogen-bond acceptors (Lipinski definition) is 5. The van der Waals surface area contributed by atoms with E-state index in [4.69, 9.17) is 14.6 Å². The number of carboxylic acid groups (broad SMARTS) is 1. The predicted molar refractivity (Wildman–Crippen MR) is 94.0 cm³/mol. The van der Waals surface area contributed by atoms with Crippen LogP contribution in [0.1, 0.15) is 19.4 Å². The zero-order valence-corrected chi connectivity index (χ0v) is 15.4. The molecule has 8 heteroatoms. The normalized spacial score (nSPS) is 15.1. The summed E-state index contributed by atoms with van der Waals surface area (Å²) in [5, 5.41) is 17.0. The number of hydrogen-bond donors (Lipinski definition) is 2. The van der Waals surface area contributed by atoms with Crippen LogP contribution in [-0.4, -0.2) is 28.0 Å². The molecule has 0 spiro atoms. The van der Waals surface area contributed by atoms with E-state index >= 15 is 0 Å². The van der Waals surface area contributed by atoms with Crippen molar-refractivity contribution in [2.24, 2.45) is 4.99 Å². The SMILES string of the molecule is CC(=O)O.CC1=NC(=Cc2cc(I)c(O)c(I)c2)C(=O)O1. The summed E-state index contributed by atoms with van der Waals surface area (Å²) in [6, 6.07) is 3.56. The van der Waals surface area contributed by atoms with Crippen LogP contribution in [-0.2, 0) is 14.3 Å². The number of phenolic OH excluding ortho intramolecular Hbond substituents is 1. The molecule has 0 aliphatic carbocycles. The van der Waals surface area contributed by atoms with Gasteiger partial charge in [0.25, 0.3) is 5.97 Å². The maximum atomic E-state index is 11.4. The van der Waals surface area contributed by atoms with Gasteiger partial charge in [0.15, 0.2) is 11.6 Å². The summed E-state index contributed by atoms with van der Waals surface area (Å²) in [4.78, 5) is 24.4. The average Bonchev–Trinajstić information content (AvgIpc) is 2.64. The van der Waals surface area contributed by atoms with Gasteiger partial charge in [-0.15, -0.1) is 0 Å². The number of rotatable bonds is 1. The molecule has 6 nitrogen and oxygen atoms in total. The maximum absolute atomic E-state index is 11.4. The van der Waals surface area contributed by atoms with Crippen LogP contribution in [0, 0.1) is 7.14 Å². The molecule has 0 amide bonds. The van der Waals surface area contributed by atoms with Crippen LogP contribution in [0.5, 0.6) is 5.75 Å². The largest absolute Gasteiger partial charge is 0.506 e. The summed E-state index contributed by atoms with van der Waals surface area (Å²) in [6.45, 7) is 2.71. The minimum Gasteiger partial charge on any atom is -0.506 e. The number of phenols is 1. The number of benzene rings is 1. The molecular weight excluding hydrogens is 504 g/mol. The minimum atomic E-state index is -0.833. The molecule has 21 heavy (non-hydrogen) atoms.